The van der Waals surface area contributed by atoms with Crippen LogP contribution in [0, 0.1) is 25.7 Å². The van der Waals surface area contributed by atoms with E-state index >= 15 is 0 Å². The predicted octanol–water partition coefficient (Wildman–Crippen LogP) is 0.940. The molecule has 1 aliphatic heterocycles. The lowest BCUT2D eigenvalue weighted by molar-refractivity contribution is -0.127. The van der Waals surface area contributed by atoms with Crippen LogP contribution in [0.25, 0.3) is 0 Å². The van der Waals surface area contributed by atoms with Gasteiger partial charge >= 0.3 is 0 Å². The van der Waals surface area contributed by atoms with Gasteiger partial charge in [-0.2, -0.15) is 5.10 Å². The lowest BCUT2D eigenvalue weighted by atomic mass is 9.88. The van der Waals surface area contributed by atoms with Crippen LogP contribution in [0.1, 0.15) is 30.8 Å². The van der Waals surface area contributed by atoms with Gasteiger partial charge < -0.3 is 10.6 Å². The van der Waals surface area contributed by atoms with Gasteiger partial charge in [0.15, 0.2) is 0 Å². The molecule has 2 heterocycles. The summed E-state index contributed by atoms with van der Waals surface area (Å²) in [5, 5.41) is 10.8. The first-order valence-electron chi connectivity index (χ1n) is 7.40. The van der Waals surface area contributed by atoms with Crippen LogP contribution in [-0.2, 0) is 18.3 Å². The molecular weight excluding hydrogens is 252 g/mol. The topological polar surface area (TPSA) is 59.0 Å². The van der Waals surface area contributed by atoms with Crippen molar-refractivity contribution < 1.29 is 4.79 Å². The Hall–Kier alpha value is -1.36. The first kappa shape index (κ1) is 15.0. The number of rotatable bonds is 5. The smallest absolute Gasteiger partial charge is 0.223 e. The number of amides is 1. The van der Waals surface area contributed by atoms with Crippen LogP contribution < -0.4 is 10.6 Å². The molecule has 0 aliphatic carbocycles. The van der Waals surface area contributed by atoms with Crippen molar-refractivity contribution in [1.82, 2.24) is 20.4 Å². The molecule has 2 unspecified atom stereocenters. The standard InChI is InChI=1S/C15H26N4O/c1-9(6-14-11(3)18-19(5)12(14)4)17-15(20)10(2)13-7-16-8-13/h9-10,13,16H,6-8H2,1-5H3,(H,17,20). The molecule has 2 N–H and O–H groups in total. The van der Waals surface area contributed by atoms with Gasteiger partial charge in [0.2, 0.25) is 5.91 Å². The first-order chi connectivity index (χ1) is 9.40. The van der Waals surface area contributed by atoms with Crippen molar-refractivity contribution >= 4 is 5.91 Å². The fourth-order valence-corrected chi connectivity index (χ4v) is 2.72. The van der Waals surface area contributed by atoms with E-state index in [1.54, 1.807) is 0 Å². The van der Waals surface area contributed by atoms with Crippen LogP contribution in [0.5, 0.6) is 0 Å². The molecule has 5 heteroatoms. The summed E-state index contributed by atoms with van der Waals surface area (Å²) in [6, 6.07) is 0.139. The molecule has 2 atom stereocenters. The van der Waals surface area contributed by atoms with Gasteiger partial charge in [-0.1, -0.05) is 6.92 Å². The molecule has 1 aliphatic rings. The minimum absolute atomic E-state index is 0.0924. The number of nitrogens with zero attached hydrogens (tertiary/aromatic N) is 2. The van der Waals surface area contributed by atoms with Crippen LogP contribution in [0.4, 0.5) is 0 Å². The number of hydrogen-bond acceptors (Lipinski definition) is 3. The number of nitrogens with one attached hydrogen (secondary N) is 2. The van der Waals surface area contributed by atoms with Crippen molar-refractivity contribution in [3.8, 4) is 0 Å². The minimum Gasteiger partial charge on any atom is -0.353 e. The largest absolute Gasteiger partial charge is 0.353 e. The van der Waals surface area contributed by atoms with E-state index in [2.05, 4.69) is 29.6 Å². The van der Waals surface area contributed by atoms with E-state index in [9.17, 15) is 4.79 Å². The summed E-state index contributed by atoms with van der Waals surface area (Å²) in [5.74, 6) is 0.752. The molecule has 1 amide bonds. The Morgan fingerprint density at radius 2 is 2.10 bits per heavy atom. The SMILES string of the molecule is Cc1nn(C)c(C)c1CC(C)NC(=O)C(C)C1CNC1. The highest BCUT2D eigenvalue weighted by molar-refractivity contribution is 5.79. The third kappa shape index (κ3) is 3.03. The number of carbonyl (C=O) groups excluding carboxylic acids is 1. The summed E-state index contributed by atoms with van der Waals surface area (Å²) in [6.07, 6.45) is 0.840. The Bertz CT molecular complexity index is 490. The Morgan fingerprint density at radius 3 is 2.55 bits per heavy atom. The summed E-state index contributed by atoms with van der Waals surface area (Å²) in [5.41, 5.74) is 3.49. The van der Waals surface area contributed by atoms with Gasteiger partial charge in [0.25, 0.3) is 0 Å². The molecule has 112 valence electrons. The van der Waals surface area contributed by atoms with E-state index in [1.807, 2.05) is 25.6 Å². The molecule has 1 fully saturated rings. The van der Waals surface area contributed by atoms with Crippen LogP contribution in [0.3, 0.4) is 0 Å². The quantitative estimate of drug-likeness (QED) is 0.843. The molecule has 1 aromatic heterocycles. The van der Waals surface area contributed by atoms with Gasteiger partial charge in [0.05, 0.1) is 5.69 Å². The van der Waals surface area contributed by atoms with E-state index in [0.717, 1.165) is 25.2 Å². The Kier molecular flexibility index (Phi) is 4.48. The zero-order valence-corrected chi connectivity index (χ0v) is 13.2. The number of hydrogen-bond donors (Lipinski definition) is 2. The molecule has 5 nitrogen and oxygen atoms in total. The van der Waals surface area contributed by atoms with Crippen LogP contribution in [0.2, 0.25) is 0 Å². The fraction of sp³-hybridized carbons (Fsp3) is 0.733. The van der Waals surface area contributed by atoms with Gasteiger partial charge in [-0.15, -0.1) is 0 Å². The molecule has 20 heavy (non-hydrogen) atoms. The van der Waals surface area contributed by atoms with Gasteiger partial charge in [0.1, 0.15) is 0 Å². The average Bonchev–Trinajstić information content (AvgIpc) is 2.53. The summed E-state index contributed by atoms with van der Waals surface area (Å²) in [6.45, 7) is 10.1. The maximum atomic E-state index is 12.2. The third-order valence-corrected chi connectivity index (χ3v) is 4.49. The zero-order chi connectivity index (χ0) is 14.9. The van der Waals surface area contributed by atoms with Crippen LogP contribution in [0.15, 0.2) is 0 Å². The molecule has 1 saturated heterocycles. The van der Waals surface area contributed by atoms with Crippen LogP contribution in [-0.4, -0.2) is 34.8 Å². The highest BCUT2D eigenvalue weighted by atomic mass is 16.1. The Labute approximate surface area is 121 Å². The van der Waals surface area contributed by atoms with Crippen molar-refractivity contribution in [3.05, 3.63) is 17.0 Å². The lowest BCUT2D eigenvalue weighted by Gasteiger charge is -2.32. The predicted molar refractivity (Wildman–Crippen MR) is 79.5 cm³/mol. The van der Waals surface area contributed by atoms with Crippen molar-refractivity contribution in [2.45, 2.75) is 40.2 Å². The number of aryl methyl sites for hydroxylation is 2. The highest BCUT2D eigenvalue weighted by Gasteiger charge is 2.29. The van der Waals surface area contributed by atoms with E-state index in [0.29, 0.717) is 5.92 Å². The molecule has 0 spiro atoms. The summed E-state index contributed by atoms with van der Waals surface area (Å²) >= 11 is 0. The summed E-state index contributed by atoms with van der Waals surface area (Å²) in [4.78, 5) is 12.2. The molecule has 0 radical (unpaired) electrons. The number of aromatic nitrogens is 2. The lowest BCUT2D eigenvalue weighted by Crippen LogP contribution is -2.50. The van der Waals surface area contributed by atoms with E-state index in [-0.39, 0.29) is 17.9 Å². The maximum Gasteiger partial charge on any atom is 0.223 e. The van der Waals surface area contributed by atoms with Crippen molar-refractivity contribution in [3.63, 3.8) is 0 Å². The van der Waals surface area contributed by atoms with Gasteiger partial charge in [-0.05, 0) is 51.8 Å². The van der Waals surface area contributed by atoms with E-state index < -0.39 is 0 Å². The normalized spacial score (nSPS) is 18.4. The van der Waals surface area contributed by atoms with Gasteiger partial charge in [0, 0.05) is 24.7 Å². The van der Waals surface area contributed by atoms with E-state index in [4.69, 9.17) is 0 Å². The molecule has 0 bridgehead atoms. The molecule has 0 aromatic carbocycles. The van der Waals surface area contributed by atoms with Crippen molar-refractivity contribution in [2.75, 3.05) is 13.1 Å². The highest BCUT2D eigenvalue weighted by Crippen LogP contribution is 2.17. The van der Waals surface area contributed by atoms with Crippen molar-refractivity contribution in [2.24, 2.45) is 18.9 Å². The first-order valence-corrected chi connectivity index (χ1v) is 7.40. The second-order valence-electron chi connectivity index (χ2n) is 6.09. The monoisotopic (exact) mass is 278 g/mol. The Balaban J connectivity index is 1.91. The maximum absolute atomic E-state index is 12.2. The average molecular weight is 278 g/mol. The van der Waals surface area contributed by atoms with E-state index in [1.165, 1.54) is 11.3 Å². The second-order valence-corrected chi connectivity index (χ2v) is 6.09. The molecule has 0 saturated carbocycles. The van der Waals surface area contributed by atoms with Crippen LogP contribution >= 0.6 is 0 Å². The summed E-state index contributed by atoms with van der Waals surface area (Å²) < 4.78 is 1.90. The number of carbonyl (C=O) groups is 1. The molecule has 2 rings (SSSR count). The summed E-state index contributed by atoms with van der Waals surface area (Å²) in [7, 11) is 1.96. The third-order valence-electron chi connectivity index (χ3n) is 4.49. The Morgan fingerprint density at radius 1 is 1.45 bits per heavy atom. The fourth-order valence-electron chi connectivity index (χ4n) is 2.72. The molecule has 1 aromatic rings. The molecular formula is C15H26N4O. The van der Waals surface area contributed by atoms with Gasteiger partial charge in [-0.25, -0.2) is 0 Å². The second kappa shape index (κ2) is 5.95. The van der Waals surface area contributed by atoms with Gasteiger partial charge in [-0.3, -0.25) is 9.48 Å². The minimum atomic E-state index is 0.0924. The van der Waals surface area contributed by atoms with Crippen molar-refractivity contribution in [1.29, 1.82) is 0 Å². The zero-order valence-electron chi connectivity index (χ0n) is 13.2.